The normalized spacial score (nSPS) is 9.82. The quantitative estimate of drug-likeness (QED) is 0.753. The lowest BCUT2D eigenvalue weighted by Crippen LogP contribution is -2.11. The van der Waals surface area contributed by atoms with Gasteiger partial charge in [0, 0.05) is 13.5 Å². The molecule has 1 amide bonds. The zero-order valence-electron chi connectivity index (χ0n) is 9.99. The van der Waals surface area contributed by atoms with Crippen molar-refractivity contribution in [3.05, 3.63) is 5.76 Å². The molecule has 1 aromatic rings. The van der Waals surface area contributed by atoms with E-state index in [1.54, 1.807) is 6.92 Å². The highest BCUT2D eigenvalue weighted by Crippen LogP contribution is 2.26. The van der Waals surface area contributed by atoms with Crippen molar-refractivity contribution in [2.75, 3.05) is 23.8 Å². The molecule has 0 spiro atoms. The zero-order chi connectivity index (χ0) is 12.8. The molecule has 94 valence electrons. The Morgan fingerprint density at radius 1 is 1.41 bits per heavy atom. The Kier molecular flexibility index (Phi) is 4.50. The van der Waals surface area contributed by atoms with E-state index in [9.17, 15) is 9.59 Å². The summed E-state index contributed by atoms with van der Waals surface area (Å²) in [5, 5.41) is 8.97. The van der Waals surface area contributed by atoms with Gasteiger partial charge in [-0.15, -0.1) is 0 Å². The van der Waals surface area contributed by atoms with Crippen LogP contribution < -0.4 is 10.6 Å². The number of nitrogens with one attached hydrogen (secondary N) is 2. The molecule has 0 saturated heterocycles. The van der Waals surface area contributed by atoms with Gasteiger partial charge in [0.2, 0.25) is 5.91 Å². The number of hydrogen-bond acceptors (Lipinski definition) is 6. The van der Waals surface area contributed by atoms with Gasteiger partial charge in [0.1, 0.15) is 5.69 Å². The maximum atomic E-state index is 11.5. The summed E-state index contributed by atoms with van der Waals surface area (Å²) in [6, 6.07) is 0. The summed E-state index contributed by atoms with van der Waals surface area (Å²) in [5.74, 6) is -0.778. The van der Waals surface area contributed by atoms with Crippen molar-refractivity contribution in [3.8, 4) is 0 Å². The predicted octanol–water partition coefficient (Wildman–Crippen LogP) is 1.24. The molecule has 0 aliphatic heterocycles. The molecule has 0 aliphatic carbocycles. The summed E-state index contributed by atoms with van der Waals surface area (Å²) >= 11 is 0. The van der Waals surface area contributed by atoms with E-state index in [0.29, 0.717) is 12.2 Å². The fourth-order valence-corrected chi connectivity index (χ4v) is 1.22. The number of ether oxygens (including phenoxy) is 1. The van der Waals surface area contributed by atoms with Gasteiger partial charge >= 0.3 is 5.97 Å². The minimum atomic E-state index is -0.618. The van der Waals surface area contributed by atoms with E-state index < -0.39 is 5.97 Å². The second-order valence-corrected chi connectivity index (χ2v) is 3.17. The third-order valence-corrected chi connectivity index (χ3v) is 1.80. The number of rotatable bonds is 5. The van der Waals surface area contributed by atoms with Crippen molar-refractivity contribution >= 4 is 23.4 Å². The number of carbonyl (C=O) groups is 2. The van der Waals surface area contributed by atoms with E-state index in [2.05, 4.69) is 15.8 Å². The monoisotopic (exact) mass is 241 g/mol. The molecule has 0 aliphatic rings. The lowest BCUT2D eigenvalue weighted by Gasteiger charge is -2.04. The number of nitrogens with zero attached hydrogens (tertiary/aromatic N) is 1. The summed E-state index contributed by atoms with van der Waals surface area (Å²) in [4.78, 5) is 22.5. The average molecular weight is 241 g/mol. The summed E-state index contributed by atoms with van der Waals surface area (Å²) < 4.78 is 9.67. The number of esters is 1. The molecule has 0 fully saturated rings. The van der Waals surface area contributed by atoms with Gasteiger partial charge in [-0.05, 0) is 13.8 Å². The molecule has 1 rings (SSSR count). The van der Waals surface area contributed by atoms with E-state index in [0.717, 1.165) is 0 Å². The first kappa shape index (κ1) is 13.0. The molecule has 17 heavy (non-hydrogen) atoms. The first-order chi connectivity index (χ1) is 8.10. The highest BCUT2D eigenvalue weighted by atomic mass is 16.6. The first-order valence-electron chi connectivity index (χ1n) is 5.28. The van der Waals surface area contributed by atoms with Gasteiger partial charge < -0.3 is 19.9 Å². The van der Waals surface area contributed by atoms with Crippen LogP contribution in [0.2, 0.25) is 0 Å². The van der Waals surface area contributed by atoms with Crippen LogP contribution in [0.5, 0.6) is 0 Å². The van der Waals surface area contributed by atoms with E-state index in [1.165, 1.54) is 6.92 Å². The van der Waals surface area contributed by atoms with Gasteiger partial charge in [0.05, 0.1) is 6.61 Å². The lowest BCUT2D eigenvalue weighted by atomic mass is 10.3. The van der Waals surface area contributed by atoms with Gasteiger partial charge in [-0.3, -0.25) is 4.79 Å². The maximum Gasteiger partial charge on any atom is 0.379 e. The number of aromatic nitrogens is 1. The molecule has 0 saturated carbocycles. The average Bonchev–Trinajstić information content (AvgIpc) is 2.62. The fourth-order valence-electron chi connectivity index (χ4n) is 1.22. The van der Waals surface area contributed by atoms with E-state index >= 15 is 0 Å². The van der Waals surface area contributed by atoms with E-state index in [1.807, 2.05) is 6.92 Å². The Labute approximate surface area is 98.5 Å². The Hall–Kier alpha value is -2.05. The molecule has 0 bridgehead atoms. The third kappa shape index (κ3) is 3.20. The molecule has 2 N–H and O–H groups in total. The van der Waals surface area contributed by atoms with Crippen molar-refractivity contribution in [3.63, 3.8) is 0 Å². The fraction of sp³-hybridized carbons (Fsp3) is 0.500. The standard InChI is InChI=1S/C10H15N3O4/c1-4-11-7-8(10(15)16-5-2)17-13-9(7)12-6(3)14/h11H,4-5H2,1-3H3,(H,12,13,14). The smallest absolute Gasteiger partial charge is 0.379 e. The van der Waals surface area contributed by atoms with Crippen molar-refractivity contribution in [2.24, 2.45) is 0 Å². The van der Waals surface area contributed by atoms with Crippen LogP contribution in [0, 0.1) is 0 Å². The van der Waals surface area contributed by atoms with Gasteiger partial charge in [0.15, 0.2) is 5.82 Å². The van der Waals surface area contributed by atoms with Crippen LogP contribution in [-0.2, 0) is 9.53 Å². The second-order valence-electron chi connectivity index (χ2n) is 3.17. The molecular weight excluding hydrogens is 226 g/mol. The van der Waals surface area contributed by atoms with Gasteiger partial charge in [-0.25, -0.2) is 4.79 Å². The number of anilines is 2. The third-order valence-electron chi connectivity index (χ3n) is 1.80. The Morgan fingerprint density at radius 2 is 2.12 bits per heavy atom. The number of hydrogen-bond donors (Lipinski definition) is 2. The van der Waals surface area contributed by atoms with Crippen LogP contribution in [-0.4, -0.2) is 30.2 Å². The van der Waals surface area contributed by atoms with Crippen LogP contribution in [0.4, 0.5) is 11.5 Å². The van der Waals surface area contributed by atoms with Crippen molar-refractivity contribution in [2.45, 2.75) is 20.8 Å². The minimum Gasteiger partial charge on any atom is -0.460 e. The van der Waals surface area contributed by atoms with E-state index in [4.69, 9.17) is 9.26 Å². The minimum absolute atomic E-state index is 0.0440. The van der Waals surface area contributed by atoms with Gasteiger partial charge in [0.25, 0.3) is 5.76 Å². The summed E-state index contributed by atoms with van der Waals surface area (Å²) in [6.45, 7) is 5.67. The largest absolute Gasteiger partial charge is 0.460 e. The molecular formula is C10H15N3O4. The second kappa shape index (κ2) is 5.88. The molecule has 0 atom stereocenters. The van der Waals surface area contributed by atoms with Gasteiger partial charge in [-0.1, -0.05) is 5.16 Å². The van der Waals surface area contributed by atoms with Crippen LogP contribution in [0.3, 0.4) is 0 Å². The Bertz CT molecular complexity index is 414. The predicted molar refractivity (Wildman–Crippen MR) is 60.9 cm³/mol. The highest BCUT2D eigenvalue weighted by Gasteiger charge is 2.23. The van der Waals surface area contributed by atoms with Gasteiger partial charge in [-0.2, -0.15) is 0 Å². The summed E-state index contributed by atoms with van der Waals surface area (Å²) in [6.07, 6.45) is 0. The Balaban J connectivity index is 3.00. The van der Waals surface area contributed by atoms with Crippen LogP contribution >= 0.6 is 0 Å². The topological polar surface area (TPSA) is 93.5 Å². The summed E-state index contributed by atoms with van der Waals surface area (Å²) in [5.41, 5.74) is 0.334. The first-order valence-corrected chi connectivity index (χ1v) is 5.28. The Morgan fingerprint density at radius 3 is 2.65 bits per heavy atom. The lowest BCUT2D eigenvalue weighted by molar-refractivity contribution is -0.114. The zero-order valence-corrected chi connectivity index (χ0v) is 9.99. The van der Waals surface area contributed by atoms with Crippen molar-refractivity contribution in [1.82, 2.24) is 5.16 Å². The van der Waals surface area contributed by atoms with Crippen LogP contribution in [0.25, 0.3) is 0 Å². The molecule has 1 aromatic heterocycles. The molecule has 7 nitrogen and oxygen atoms in total. The highest BCUT2D eigenvalue weighted by molar-refractivity contribution is 5.99. The molecule has 0 radical (unpaired) electrons. The molecule has 0 unspecified atom stereocenters. The SMILES string of the molecule is CCNc1c(NC(C)=O)noc1C(=O)OCC. The van der Waals surface area contributed by atoms with Crippen LogP contribution in [0.1, 0.15) is 31.3 Å². The molecule has 0 aromatic carbocycles. The van der Waals surface area contributed by atoms with Crippen molar-refractivity contribution < 1.29 is 18.8 Å². The number of amides is 1. The van der Waals surface area contributed by atoms with Crippen molar-refractivity contribution in [1.29, 1.82) is 0 Å². The molecule has 1 heterocycles. The van der Waals surface area contributed by atoms with E-state index in [-0.39, 0.29) is 24.1 Å². The van der Waals surface area contributed by atoms with Crippen LogP contribution in [0.15, 0.2) is 4.52 Å². The summed E-state index contributed by atoms with van der Waals surface area (Å²) in [7, 11) is 0. The maximum absolute atomic E-state index is 11.5. The molecule has 7 heteroatoms. The number of carbonyl (C=O) groups excluding carboxylic acids is 2.